The van der Waals surface area contributed by atoms with Crippen LogP contribution in [0.5, 0.6) is 0 Å². The molecule has 0 aliphatic heterocycles. The van der Waals surface area contributed by atoms with Crippen LogP contribution in [-0.2, 0) is 11.3 Å². The molecular weight excluding hydrogens is 398 g/mol. The summed E-state index contributed by atoms with van der Waals surface area (Å²) < 4.78 is 1.29. The van der Waals surface area contributed by atoms with Crippen molar-refractivity contribution in [2.75, 3.05) is 5.32 Å². The number of carbonyl (C=O) groups excluding carboxylic acids is 2. The molecule has 7 heteroatoms. The van der Waals surface area contributed by atoms with Gasteiger partial charge in [-0.3, -0.25) is 19.0 Å². The zero-order valence-corrected chi connectivity index (χ0v) is 17.3. The fourth-order valence-corrected chi connectivity index (χ4v) is 4.25. The van der Waals surface area contributed by atoms with E-state index in [1.807, 2.05) is 19.9 Å². The fourth-order valence-electron chi connectivity index (χ4n) is 3.26. The quantitative estimate of drug-likeness (QED) is 0.499. The number of aryl methyl sites for hydroxylation is 2. The number of anilines is 1. The molecule has 30 heavy (non-hydrogen) atoms. The summed E-state index contributed by atoms with van der Waals surface area (Å²) in [6, 6.07) is 15.7. The molecule has 2 aromatic heterocycles. The highest BCUT2D eigenvalue weighted by Gasteiger charge is 2.17. The molecule has 0 saturated carbocycles. The van der Waals surface area contributed by atoms with Crippen LogP contribution in [0.4, 0.5) is 5.69 Å². The second-order valence-electron chi connectivity index (χ2n) is 6.93. The molecule has 0 fully saturated rings. The molecule has 150 valence electrons. The van der Waals surface area contributed by atoms with Gasteiger partial charge in [-0.2, -0.15) is 0 Å². The summed E-state index contributed by atoms with van der Waals surface area (Å²) in [6.45, 7) is 3.63. The van der Waals surface area contributed by atoms with Crippen LogP contribution in [0, 0.1) is 13.8 Å². The summed E-state index contributed by atoms with van der Waals surface area (Å²) in [6.07, 6.45) is 1.39. The number of nitrogens with one attached hydrogen (secondary N) is 1. The Morgan fingerprint density at radius 2 is 1.73 bits per heavy atom. The number of hydrogen-bond donors (Lipinski definition) is 1. The lowest BCUT2D eigenvalue weighted by Gasteiger charge is -2.11. The van der Waals surface area contributed by atoms with Gasteiger partial charge in [0.05, 0.1) is 17.4 Å². The molecule has 0 aliphatic rings. The number of para-hydroxylation sites is 1. The molecule has 0 spiro atoms. The Balaban J connectivity index is 1.59. The standard InChI is InChI=1S/C23H19N3O3S/c1-14-15(2)30-22-20(14)23(29)26(13-24-22)12-19(27)25-18-11-7-6-10-17(18)21(28)16-8-4-3-5-9-16/h3-11,13H,12H2,1-2H3,(H,25,27). The molecule has 1 N–H and O–H groups in total. The predicted molar refractivity (Wildman–Crippen MR) is 118 cm³/mol. The topological polar surface area (TPSA) is 81.1 Å². The minimum absolute atomic E-state index is 0.184. The molecule has 0 saturated heterocycles. The minimum atomic E-state index is -0.406. The average molecular weight is 417 g/mol. The van der Waals surface area contributed by atoms with E-state index in [1.54, 1.807) is 48.5 Å². The second kappa shape index (κ2) is 8.04. The minimum Gasteiger partial charge on any atom is -0.324 e. The number of carbonyl (C=O) groups is 2. The summed E-state index contributed by atoms with van der Waals surface area (Å²) in [5.41, 5.74) is 1.98. The number of fused-ring (bicyclic) bond motifs is 1. The molecule has 4 aromatic rings. The van der Waals surface area contributed by atoms with Crippen molar-refractivity contribution in [3.8, 4) is 0 Å². The van der Waals surface area contributed by atoms with E-state index in [1.165, 1.54) is 22.2 Å². The summed E-state index contributed by atoms with van der Waals surface area (Å²) >= 11 is 1.46. The Bertz CT molecular complexity index is 1320. The Kier molecular flexibility index (Phi) is 5.29. The Morgan fingerprint density at radius 3 is 2.50 bits per heavy atom. The van der Waals surface area contributed by atoms with Gasteiger partial charge in [0.25, 0.3) is 5.56 Å². The third-order valence-electron chi connectivity index (χ3n) is 4.95. The van der Waals surface area contributed by atoms with E-state index in [2.05, 4.69) is 10.3 Å². The summed E-state index contributed by atoms with van der Waals surface area (Å²) in [7, 11) is 0. The van der Waals surface area contributed by atoms with Crippen LogP contribution in [0.1, 0.15) is 26.4 Å². The number of aromatic nitrogens is 2. The lowest BCUT2D eigenvalue weighted by molar-refractivity contribution is -0.116. The Labute approximate surface area is 176 Å². The maximum absolute atomic E-state index is 12.8. The van der Waals surface area contributed by atoms with Gasteiger partial charge in [0.15, 0.2) is 5.78 Å². The molecule has 0 atom stereocenters. The van der Waals surface area contributed by atoms with Crippen molar-refractivity contribution >= 4 is 38.9 Å². The number of amides is 1. The zero-order valence-electron chi connectivity index (χ0n) is 16.5. The molecule has 0 bridgehead atoms. The van der Waals surface area contributed by atoms with E-state index < -0.39 is 5.91 Å². The van der Waals surface area contributed by atoms with E-state index in [9.17, 15) is 14.4 Å². The van der Waals surface area contributed by atoms with Gasteiger partial charge >= 0.3 is 0 Å². The molecule has 0 unspecified atom stereocenters. The lowest BCUT2D eigenvalue weighted by Crippen LogP contribution is -2.28. The molecule has 0 aliphatic carbocycles. The molecule has 2 heterocycles. The highest BCUT2D eigenvalue weighted by Crippen LogP contribution is 2.25. The van der Waals surface area contributed by atoms with Crippen LogP contribution in [0.3, 0.4) is 0 Å². The molecular formula is C23H19N3O3S. The normalized spacial score (nSPS) is 10.9. The second-order valence-corrected chi connectivity index (χ2v) is 8.13. The van der Waals surface area contributed by atoms with E-state index in [0.29, 0.717) is 27.0 Å². The zero-order chi connectivity index (χ0) is 21.3. The first-order valence-electron chi connectivity index (χ1n) is 9.39. The molecule has 4 rings (SSSR count). The number of thiophene rings is 1. The van der Waals surface area contributed by atoms with Crippen LogP contribution >= 0.6 is 11.3 Å². The smallest absolute Gasteiger partial charge is 0.262 e. The van der Waals surface area contributed by atoms with E-state index in [0.717, 1.165) is 10.4 Å². The Morgan fingerprint density at radius 1 is 1.03 bits per heavy atom. The van der Waals surface area contributed by atoms with Crippen LogP contribution in [0.2, 0.25) is 0 Å². The van der Waals surface area contributed by atoms with Crippen molar-refractivity contribution < 1.29 is 9.59 Å². The summed E-state index contributed by atoms with van der Waals surface area (Å²) in [4.78, 5) is 44.3. The van der Waals surface area contributed by atoms with Crippen LogP contribution in [0.25, 0.3) is 10.2 Å². The lowest BCUT2D eigenvalue weighted by atomic mass is 10.0. The molecule has 0 radical (unpaired) electrons. The maximum atomic E-state index is 12.8. The van der Waals surface area contributed by atoms with Crippen LogP contribution in [-0.4, -0.2) is 21.2 Å². The van der Waals surface area contributed by atoms with Crippen molar-refractivity contribution in [3.63, 3.8) is 0 Å². The van der Waals surface area contributed by atoms with Gasteiger partial charge in [-0.15, -0.1) is 11.3 Å². The van der Waals surface area contributed by atoms with Gasteiger partial charge in [-0.25, -0.2) is 4.98 Å². The number of ketones is 1. The van der Waals surface area contributed by atoms with Crippen molar-refractivity contribution in [2.45, 2.75) is 20.4 Å². The Hall–Kier alpha value is -3.58. The largest absolute Gasteiger partial charge is 0.324 e. The molecule has 1 amide bonds. The number of rotatable bonds is 5. The van der Waals surface area contributed by atoms with Crippen LogP contribution in [0.15, 0.2) is 65.7 Å². The first kappa shape index (κ1) is 19.7. The predicted octanol–water partition coefficient (Wildman–Crippen LogP) is 3.94. The molecule has 6 nitrogen and oxygen atoms in total. The SMILES string of the molecule is Cc1sc2ncn(CC(=O)Nc3ccccc3C(=O)c3ccccc3)c(=O)c2c1C. The van der Waals surface area contributed by atoms with E-state index in [-0.39, 0.29) is 17.9 Å². The van der Waals surface area contributed by atoms with E-state index in [4.69, 9.17) is 0 Å². The fraction of sp³-hybridized carbons (Fsp3) is 0.130. The van der Waals surface area contributed by atoms with Crippen LogP contribution < -0.4 is 10.9 Å². The average Bonchev–Trinajstić information content (AvgIpc) is 3.05. The highest BCUT2D eigenvalue weighted by atomic mass is 32.1. The number of hydrogen-bond acceptors (Lipinski definition) is 5. The number of nitrogens with zero attached hydrogens (tertiary/aromatic N) is 2. The highest BCUT2D eigenvalue weighted by molar-refractivity contribution is 7.18. The van der Waals surface area contributed by atoms with E-state index >= 15 is 0 Å². The molecule has 2 aromatic carbocycles. The van der Waals surface area contributed by atoms with Gasteiger partial charge in [0, 0.05) is 16.0 Å². The summed E-state index contributed by atoms with van der Waals surface area (Å²) in [5, 5.41) is 3.31. The van der Waals surface area contributed by atoms with Gasteiger partial charge in [-0.05, 0) is 31.5 Å². The number of benzene rings is 2. The van der Waals surface area contributed by atoms with Gasteiger partial charge in [0.2, 0.25) is 5.91 Å². The summed E-state index contributed by atoms with van der Waals surface area (Å²) in [5.74, 6) is -0.590. The van der Waals surface area contributed by atoms with Crippen molar-refractivity contribution in [2.24, 2.45) is 0 Å². The first-order chi connectivity index (χ1) is 14.5. The van der Waals surface area contributed by atoms with Crippen molar-refractivity contribution in [1.82, 2.24) is 9.55 Å². The third kappa shape index (κ3) is 3.67. The first-order valence-corrected chi connectivity index (χ1v) is 10.2. The van der Waals surface area contributed by atoms with Crippen molar-refractivity contribution in [1.29, 1.82) is 0 Å². The third-order valence-corrected chi connectivity index (χ3v) is 6.07. The maximum Gasteiger partial charge on any atom is 0.262 e. The van der Waals surface area contributed by atoms with Crippen molar-refractivity contribution in [3.05, 3.63) is 92.8 Å². The van der Waals surface area contributed by atoms with Gasteiger partial charge < -0.3 is 5.32 Å². The van der Waals surface area contributed by atoms with Gasteiger partial charge in [0.1, 0.15) is 11.4 Å². The van der Waals surface area contributed by atoms with Gasteiger partial charge in [-0.1, -0.05) is 42.5 Å². The monoisotopic (exact) mass is 417 g/mol.